The van der Waals surface area contributed by atoms with Gasteiger partial charge in [0.15, 0.2) is 5.41 Å². The number of halogens is 3. The van der Waals surface area contributed by atoms with Crippen molar-refractivity contribution >= 4 is 0 Å². The van der Waals surface area contributed by atoms with Crippen molar-refractivity contribution in [2.45, 2.75) is 25.1 Å². The molecule has 1 aliphatic carbocycles. The number of allylic oxidation sites excluding steroid dienone is 1. The van der Waals surface area contributed by atoms with Crippen molar-refractivity contribution in [2.75, 3.05) is 13.1 Å². The molecule has 1 heterocycles. The van der Waals surface area contributed by atoms with Crippen LogP contribution in [-0.4, -0.2) is 24.0 Å². The number of nitriles is 3. The van der Waals surface area contributed by atoms with Gasteiger partial charge in [0.1, 0.15) is 0 Å². The average Bonchev–Trinajstić information content (AvgIpc) is 2.72. The molecular weight excluding hydrogens is 379 g/mol. The van der Waals surface area contributed by atoms with Crippen LogP contribution in [0.1, 0.15) is 24.0 Å². The van der Waals surface area contributed by atoms with Gasteiger partial charge in [-0.05, 0) is 36.4 Å². The molecule has 1 aromatic carbocycles. The van der Waals surface area contributed by atoms with Crippen molar-refractivity contribution in [2.24, 2.45) is 17.1 Å². The highest BCUT2D eigenvalue weighted by molar-refractivity contribution is 5.54. The molecule has 8 heteroatoms. The smallest absolute Gasteiger partial charge is 0.377 e. The predicted octanol–water partition coefficient (Wildman–Crippen LogP) is 3.45. The standard InChI is InChI=1S/C21H18F3N5/c1-2-29-8-7-13-15(9-25)19(28)20(11-26,12-27)18(16(13)10-29)14-5-3-4-6-17(14)21(22,23)24/h3-8,16,18-19H,2,10,28H2,1H3/t16-,18-,19+/m1/s1. The summed E-state index contributed by atoms with van der Waals surface area (Å²) in [7, 11) is 0. The van der Waals surface area contributed by atoms with Crippen LogP contribution in [0.3, 0.4) is 0 Å². The Morgan fingerprint density at radius 3 is 2.41 bits per heavy atom. The second-order valence-electron chi connectivity index (χ2n) is 7.12. The van der Waals surface area contributed by atoms with Crippen LogP contribution in [0, 0.1) is 45.3 Å². The zero-order chi connectivity index (χ0) is 21.4. The molecule has 0 spiro atoms. The highest BCUT2D eigenvalue weighted by Crippen LogP contribution is 2.54. The largest absolute Gasteiger partial charge is 0.416 e. The fourth-order valence-electron chi connectivity index (χ4n) is 4.37. The van der Waals surface area contributed by atoms with Gasteiger partial charge in [-0.1, -0.05) is 18.2 Å². The minimum Gasteiger partial charge on any atom is -0.377 e. The van der Waals surface area contributed by atoms with Gasteiger partial charge in [0.05, 0.1) is 35.4 Å². The molecule has 0 radical (unpaired) electrons. The number of hydrogen-bond donors (Lipinski definition) is 1. The molecule has 3 rings (SSSR count). The maximum absolute atomic E-state index is 13.8. The van der Waals surface area contributed by atoms with Gasteiger partial charge in [-0.15, -0.1) is 0 Å². The Kier molecular flexibility index (Phi) is 5.13. The molecule has 29 heavy (non-hydrogen) atoms. The Balaban J connectivity index is 2.37. The molecular formula is C21H18F3N5. The number of rotatable bonds is 2. The van der Waals surface area contributed by atoms with E-state index in [4.69, 9.17) is 5.73 Å². The summed E-state index contributed by atoms with van der Waals surface area (Å²) in [4.78, 5) is 1.88. The lowest BCUT2D eigenvalue weighted by molar-refractivity contribution is -0.138. The van der Waals surface area contributed by atoms with Gasteiger partial charge in [-0.25, -0.2) is 0 Å². The maximum atomic E-state index is 13.8. The van der Waals surface area contributed by atoms with Gasteiger partial charge in [0.25, 0.3) is 0 Å². The first kappa shape index (κ1) is 20.5. The van der Waals surface area contributed by atoms with E-state index in [1.165, 1.54) is 18.2 Å². The lowest BCUT2D eigenvalue weighted by Crippen LogP contribution is -2.54. The van der Waals surface area contributed by atoms with Crippen LogP contribution in [-0.2, 0) is 6.18 Å². The number of fused-ring (bicyclic) bond motifs is 1. The van der Waals surface area contributed by atoms with E-state index >= 15 is 0 Å². The summed E-state index contributed by atoms with van der Waals surface area (Å²) in [5.41, 5.74) is 3.71. The van der Waals surface area contributed by atoms with Crippen LogP contribution < -0.4 is 5.73 Å². The summed E-state index contributed by atoms with van der Waals surface area (Å²) in [5.74, 6) is -1.80. The topological polar surface area (TPSA) is 101 Å². The number of nitrogens with zero attached hydrogens (tertiary/aromatic N) is 4. The number of benzene rings is 1. The SMILES string of the molecule is CCN1C=CC2=C(C#N)[C@H](N)C(C#N)(C#N)[C@H](c3ccccc3C(F)(F)F)[C@@H]2C1. The van der Waals surface area contributed by atoms with E-state index in [0.29, 0.717) is 12.1 Å². The van der Waals surface area contributed by atoms with Gasteiger partial charge in [0, 0.05) is 24.9 Å². The molecule has 2 N–H and O–H groups in total. The van der Waals surface area contributed by atoms with Crippen LogP contribution >= 0.6 is 0 Å². The molecule has 1 aromatic rings. The third-order valence-electron chi connectivity index (χ3n) is 5.80. The highest BCUT2D eigenvalue weighted by atomic mass is 19.4. The van der Waals surface area contributed by atoms with Crippen molar-refractivity contribution in [3.05, 3.63) is 58.8 Å². The van der Waals surface area contributed by atoms with Crippen molar-refractivity contribution in [3.8, 4) is 18.2 Å². The third-order valence-corrected chi connectivity index (χ3v) is 5.80. The Morgan fingerprint density at radius 1 is 1.21 bits per heavy atom. The predicted molar refractivity (Wildman–Crippen MR) is 98.3 cm³/mol. The monoisotopic (exact) mass is 397 g/mol. The zero-order valence-electron chi connectivity index (χ0n) is 15.6. The molecule has 0 bridgehead atoms. The van der Waals surface area contributed by atoms with Crippen LogP contribution in [0.2, 0.25) is 0 Å². The molecule has 2 aliphatic rings. The molecule has 148 valence electrons. The van der Waals surface area contributed by atoms with E-state index in [2.05, 4.69) is 0 Å². The lowest BCUT2D eigenvalue weighted by Gasteiger charge is -2.47. The minimum atomic E-state index is -4.66. The number of nitrogens with two attached hydrogens (primary N) is 1. The van der Waals surface area contributed by atoms with Crippen molar-refractivity contribution in [3.63, 3.8) is 0 Å². The summed E-state index contributed by atoms with van der Waals surface area (Å²) in [6.07, 6.45) is -1.24. The number of alkyl halides is 3. The molecule has 1 aliphatic heterocycles. The molecule has 0 amide bonds. The van der Waals surface area contributed by atoms with E-state index in [1.807, 2.05) is 30.0 Å². The van der Waals surface area contributed by atoms with Gasteiger partial charge in [0.2, 0.25) is 0 Å². The number of hydrogen-bond acceptors (Lipinski definition) is 5. The summed E-state index contributed by atoms with van der Waals surface area (Å²) in [5, 5.41) is 29.6. The van der Waals surface area contributed by atoms with Crippen molar-refractivity contribution in [1.82, 2.24) is 4.90 Å². The van der Waals surface area contributed by atoms with E-state index in [-0.39, 0.29) is 17.7 Å². The molecule has 0 saturated heterocycles. The van der Waals surface area contributed by atoms with E-state index in [1.54, 1.807) is 12.3 Å². The minimum absolute atomic E-state index is 0.0749. The average molecular weight is 397 g/mol. The van der Waals surface area contributed by atoms with Crippen molar-refractivity contribution in [1.29, 1.82) is 15.8 Å². The third kappa shape index (κ3) is 3.05. The van der Waals surface area contributed by atoms with Gasteiger partial charge in [-0.3, -0.25) is 0 Å². The Morgan fingerprint density at radius 2 is 1.86 bits per heavy atom. The van der Waals surface area contributed by atoms with Crippen LogP contribution in [0.4, 0.5) is 13.2 Å². The quantitative estimate of drug-likeness (QED) is 0.824. The molecule has 0 saturated carbocycles. The van der Waals surface area contributed by atoms with Crippen molar-refractivity contribution < 1.29 is 13.2 Å². The molecule has 5 nitrogen and oxygen atoms in total. The summed E-state index contributed by atoms with van der Waals surface area (Å²) in [6.45, 7) is 2.76. The normalized spacial score (nSPS) is 25.6. The Hall–Kier alpha value is -3.28. The second-order valence-corrected chi connectivity index (χ2v) is 7.12. The van der Waals surface area contributed by atoms with Gasteiger partial charge >= 0.3 is 6.18 Å². The first-order valence-electron chi connectivity index (χ1n) is 9.05. The van der Waals surface area contributed by atoms with Gasteiger partial charge in [-0.2, -0.15) is 29.0 Å². The van der Waals surface area contributed by atoms with Crippen LogP contribution in [0.5, 0.6) is 0 Å². The van der Waals surface area contributed by atoms with E-state index in [0.717, 1.165) is 6.07 Å². The second kappa shape index (κ2) is 7.28. The maximum Gasteiger partial charge on any atom is 0.416 e. The summed E-state index contributed by atoms with van der Waals surface area (Å²) in [6, 6.07) is 9.42. The van der Waals surface area contributed by atoms with E-state index in [9.17, 15) is 29.0 Å². The van der Waals surface area contributed by atoms with E-state index < -0.39 is 35.0 Å². The van der Waals surface area contributed by atoms with Crippen LogP contribution in [0.25, 0.3) is 0 Å². The first-order valence-corrected chi connectivity index (χ1v) is 9.05. The molecule has 0 fully saturated rings. The Labute approximate surface area is 166 Å². The summed E-state index contributed by atoms with van der Waals surface area (Å²) < 4.78 is 41.4. The molecule has 0 aromatic heterocycles. The summed E-state index contributed by atoms with van der Waals surface area (Å²) >= 11 is 0. The first-order chi connectivity index (χ1) is 13.7. The van der Waals surface area contributed by atoms with Gasteiger partial charge < -0.3 is 10.6 Å². The molecule has 0 unspecified atom stereocenters. The fourth-order valence-corrected chi connectivity index (χ4v) is 4.37. The van der Waals surface area contributed by atoms with Crippen LogP contribution in [0.15, 0.2) is 47.7 Å². The Bertz CT molecular complexity index is 989. The highest BCUT2D eigenvalue weighted by Gasteiger charge is 2.57. The lowest BCUT2D eigenvalue weighted by atomic mass is 9.55. The zero-order valence-corrected chi connectivity index (χ0v) is 15.6. The molecule has 3 atom stereocenters. The fraction of sp³-hybridized carbons (Fsp3) is 0.381.